The number of amides is 1. The molecule has 0 N–H and O–H groups in total. The molecule has 1 aromatic carbocycles. The summed E-state index contributed by atoms with van der Waals surface area (Å²) < 4.78 is 7.69. The van der Waals surface area contributed by atoms with Crippen LogP contribution in [0.25, 0.3) is 16.5 Å². The van der Waals surface area contributed by atoms with Crippen LogP contribution >= 0.6 is 23.1 Å². The molecular weight excluding hydrogens is 444 g/mol. The molecule has 10 heteroatoms. The van der Waals surface area contributed by atoms with E-state index in [1.807, 2.05) is 42.9 Å². The monoisotopic (exact) mass is 468 g/mol. The lowest BCUT2D eigenvalue weighted by molar-refractivity contribution is -0.129. The number of aromatic nitrogens is 5. The second-order valence-electron chi connectivity index (χ2n) is 7.36. The highest BCUT2D eigenvalue weighted by molar-refractivity contribution is 7.99. The Kier molecular flexibility index (Phi) is 7.01. The first kappa shape index (κ1) is 22.2. The number of thiophene rings is 1. The summed E-state index contributed by atoms with van der Waals surface area (Å²) in [5, 5.41) is 19.1. The minimum Gasteiger partial charge on any atom is -0.418 e. The van der Waals surface area contributed by atoms with Crippen molar-refractivity contribution in [2.45, 2.75) is 38.9 Å². The molecule has 0 bridgehead atoms. The number of thioether (sulfide) groups is 1. The molecule has 4 rings (SSSR count). The fraction of sp³-hybridized carbons (Fsp3) is 0.318. The third kappa shape index (κ3) is 5.08. The van der Waals surface area contributed by atoms with Crippen LogP contribution in [0.5, 0.6) is 0 Å². The summed E-state index contributed by atoms with van der Waals surface area (Å²) >= 11 is 2.91. The molecule has 0 radical (unpaired) electrons. The fourth-order valence-corrected chi connectivity index (χ4v) is 4.70. The Morgan fingerprint density at radius 1 is 1.22 bits per heavy atom. The maximum Gasteiger partial charge on any atom is 0.257 e. The molecule has 0 fully saturated rings. The van der Waals surface area contributed by atoms with Gasteiger partial charge in [0.15, 0.2) is 5.16 Å². The number of carbonyl (C=O) groups is 1. The Balaban J connectivity index is 1.43. The topological polar surface area (TPSA) is 89.9 Å². The molecule has 166 valence electrons. The molecule has 4 aromatic rings. The van der Waals surface area contributed by atoms with Crippen LogP contribution in [0.1, 0.15) is 30.4 Å². The maximum atomic E-state index is 13.0. The van der Waals surface area contributed by atoms with E-state index in [1.165, 1.54) is 23.1 Å². The molecule has 0 saturated heterocycles. The third-order valence-corrected chi connectivity index (χ3v) is 6.62. The van der Waals surface area contributed by atoms with Crippen molar-refractivity contribution in [1.29, 1.82) is 0 Å². The molecule has 0 spiro atoms. The SMILES string of the molecule is CCCN(Cc1nnc(-c2cccs2)o1)C(=O)CSc1nncn1-c1cc(C)ccc1C. The summed E-state index contributed by atoms with van der Waals surface area (Å²) in [6.07, 6.45) is 2.52. The molecule has 1 amide bonds. The molecule has 3 aromatic heterocycles. The molecule has 0 aliphatic carbocycles. The minimum atomic E-state index is -0.0109. The predicted octanol–water partition coefficient (Wildman–Crippen LogP) is 4.53. The lowest BCUT2D eigenvalue weighted by atomic mass is 10.1. The van der Waals surface area contributed by atoms with Crippen molar-refractivity contribution in [2.24, 2.45) is 0 Å². The molecule has 0 saturated carbocycles. The van der Waals surface area contributed by atoms with Crippen LogP contribution < -0.4 is 0 Å². The van der Waals surface area contributed by atoms with Gasteiger partial charge in [-0.25, -0.2) is 0 Å². The van der Waals surface area contributed by atoms with Gasteiger partial charge >= 0.3 is 0 Å². The summed E-state index contributed by atoms with van der Waals surface area (Å²) in [5.41, 5.74) is 3.29. The molecule has 8 nitrogen and oxygen atoms in total. The van der Waals surface area contributed by atoms with E-state index in [4.69, 9.17) is 4.42 Å². The van der Waals surface area contributed by atoms with Crippen LogP contribution in [0, 0.1) is 13.8 Å². The number of benzene rings is 1. The number of nitrogens with zero attached hydrogens (tertiary/aromatic N) is 6. The van der Waals surface area contributed by atoms with E-state index in [1.54, 1.807) is 11.2 Å². The fourth-order valence-electron chi connectivity index (χ4n) is 3.23. The van der Waals surface area contributed by atoms with Crippen LogP contribution in [0.4, 0.5) is 0 Å². The zero-order valence-electron chi connectivity index (χ0n) is 18.2. The Bertz CT molecular complexity index is 1180. The van der Waals surface area contributed by atoms with Gasteiger partial charge in [0.1, 0.15) is 6.33 Å². The van der Waals surface area contributed by atoms with Gasteiger partial charge in [-0.2, -0.15) is 0 Å². The number of hydrogen-bond acceptors (Lipinski definition) is 8. The highest BCUT2D eigenvalue weighted by Gasteiger charge is 2.19. The van der Waals surface area contributed by atoms with E-state index < -0.39 is 0 Å². The highest BCUT2D eigenvalue weighted by atomic mass is 32.2. The van der Waals surface area contributed by atoms with Gasteiger partial charge in [-0.1, -0.05) is 36.9 Å². The molecular formula is C22H24N6O2S2. The summed E-state index contributed by atoms with van der Waals surface area (Å²) in [6.45, 7) is 7.03. The van der Waals surface area contributed by atoms with Crippen LogP contribution in [0.3, 0.4) is 0 Å². The molecule has 0 unspecified atom stereocenters. The van der Waals surface area contributed by atoms with E-state index in [0.717, 1.165) is 28.1 Å². The largest absolute Gasteiger partial charge is 0.418 e. The number of aryl methyl sites for hydroxylation is 2. The average Bonchev–Trinajstić information content (AvgIpc) is 3.54. The Morgan fingerprint density at radius 2 is 2.09 bits per heavy atom. The standard InChI is InChI=1S/C22H24N6O2S2/c1-4-9-27(12-19-24-25-21(30-19)18-6-5-10-31-18)20(29)13-32-22-26-23-14-28(22)17-11-15(2)7-8-16(17)3/h5-8,10-11,14H,4,9,12-13H2,1-3H3. The highest BCUT2D eigenvalue weighted by Crippen LogP contribution is 2.25. The van der Waals surface area contributed by atoms with Crippen LogP contribution in [-0.2, 0) is 11.3 Å². The van der Waals surface area contributed by atoms with E-state index in [0.29, 0.717) is 23.5 Å². The summed E-state index contributed by atoms with van der Waals surface area (Å²) in [4.78, 5) is 15.7. The average molecular weight is 469 g/mol. The lowest BCUT2D eigenvalue weighted by Crippen LogP contribution is -2.32. The quantitative estimate of drug-likeness (QED) is 0.333. The van der Waals surface area contributed by atoms with Gasteiger partial charge in [-0.3, -0.25) is 9.36 Å². The van der Waals surface area contributed by atoms with Crippen molar-refractivity contribution in [3.05, 3.63) is 59.1 Å². The van der Waals surface area contributed by atoms with Crippen molar-refractivity contribution in [3.8, 4) is 16.5 Å². The third-order valence-electron chi connectivity index (χ3n) is 4.84. The van der Waals surface area contributed by atoms with Gasteiger partial charge in [0.2, 0.25) is 11.8 Å². The first-order valence-electron chi connectivity index (χ1n) is 10.3. The van der Waals surface area contributed by atoms with Crippen LogP contribution in [0.2, 0.25) is 0 Å². The number of rotatable bonds is 9. The first-order chi connectivity index (χ1) is 15.5. The normalized spacial score (nSPS) is 11.1. The number of hydrogen-bond donors (Lipinski definition) is 0. The van der Waals surface area contributed by atoms with Crippen molar-refractivity contribution >= 4 is 29.0 Å². The number of carbonyl (C=O) groups excluding carboxylic acids is 1. The lowest BCUT2D eigenvalue weighted by Gasteiger charge is -2.20. The van der Waals surface area contributed by atoms with Gasteiger partial charge in [0.25, 0.3) is 5.89 Å². The molecule has 0 aliphatic rings. The van der Waals surface area contributed by atoms with Gasteiger partial charge in [-0.05, 0) is 48.9 Å². The molecule has 32 heavy (non-hydrogen) atoms. The summed E-state index contributed by atoms with van der Waals surface area (Å²) in [6, 6.07) is 10.1. The van der Waals surface area contributed by atoms with Gasteiger partial charge in [0, 0.05) is 6.54 Å². The minimum absolute atomic E-state index is 0.0109. The van der Waals surface area contributed by atoms with E-state index >= 15 is 0 Å². The van der Waals surface area contributed by atoms with Gasteiger partial charge in [-0.15, -0.1) is 31.7 Å². The van der Waals surface area contributed by atoms with E-state index in [2.05, 4.69) is 38.6 Å². The van der Waals surface area contributed by atoms with Crippen LogP contribution in [0.15, 0.2) is 51.6 Å². The second kappa shape index (κ2) is 10.1. The van der Waals surface area contributed by atoms with E-state index in [9.17, 15) is 4.79 Å². The van der Waals surface area contributed by atoms with Gasteiger partial charge in [0.05, 0.1) is 22.9 Å². The van der Waals surface area contributed by atoms with Crippen molar-refractivity contribution in [3.63, 3.8) is 0 Å². The zero-order valence-corrected chi connectivity index (χ0v) is 19.8. The Labute approximate surface area is 194 Å². The molecule has 3 heterocycles. The molecule has 0 aliphatic heterocycles. The van der Waals surface area contributed by atoms with E-state index in [-0.39, 0.29) is 18.2 Å². The van der Waals surface area contributed by atoms with Crippen molar-refractivity contribution in [1.82, 2.24) is 29.9 Å². The Morgan fingerprint density at radius 3 is 2.88 bits per heavy atom. The predicted molar refractivity (Wildman–Crippen MR) is 125 cm³/mol. The van der Waals surface area contributed by atoms with Crippen molar-refractivity contribution in [2.75, 3.05) is 12.3 Å². The van der Waals surface area contributed by atoms with Gasteiger partial charge < -0.3 is 9.32 Å². The smallest absolute Gasteiger partial charge is 0.257 e. The zero-order chi connectivity index (χ0) is 22.5. The van der Waals surface area contributed by atoms with Crippen molar-refractivity contribution < 1.29 is 9.21 Å². The molecule has 0 atom stereocenters. The maximum absolute atomic E-state index is 13.0. The summed E-state index contributed by atoms with van der Waals surface area (Å²) in [7, 11) is 0. The Hall–Kier alpha value is -2.98. The second-order valence-corrected chi connectivity index (χ2v) is 9.25. The van der Waals surface area contributed by atoms with Crippen LogP contribution in [-0.4, -0.2) is 48.1 Å². The summed E-state index contributed by atoms with van der Waals surface area (Å²) in [5.74, 6) is 1.15. The first-order valence-corrected chi connectivity index (χ1v) is 12.2.